The van der Waals surface area contributed by atoms with Crippen molar-refractivity contribution in [1.82, 2.24) is 26.2 Å². The molecule has 7 aromatic heterocycles. The fraction of sp³-hybridized carbons (Fsp3) is 0.275. The molecule has 0 unspecified atom stereocenters. The third-order valence-electron chi connectivity index (χ3n) is 21.2. The second kappa shape index (κ2) is 25.6. The molecule has 0 aliphatic carbocycles. The highest BCUT2D eigenvalue weighted by Gasteiger charge is 2.43. The Bertz CT molecular complexity index is 5720. The number of aromatic nitrogens is 6. The van der Waals surface area contributed by atoms with Crippen molar-refractivity contribution < 1.29 is 19.2 Å². The van der Waals surface area contributed by atoms with Crippen molar-refractivity contribution in [2.24, 2.45) is 0 Å². The number of carbonyl (C=O) groups is 4. The number of aryl methyl sites for hydroxylation is 16. The number of likely N-dealkylation sites (N-methyl/N-ethyl adjacent to an activating group) is 4. The van der Waals surface area contributed by atoms with Crippen LogP contribution in [0, 0.1) is 125 Å². The molecule has 14 aromatic rings. The number of carbonyl (C=O) groups excluding carboxylic acids is 4. The maximum Gasteiger partial charge on any atom is 0.260 e. The van der Waals surface area contributed by atoms with Gasteiger partial charge in [-0.1, -0.05) is 24.3 Å². The Morgan fingerprint density at radius 2 is 0.614 bits per heavy atom. The highest BCUT2D eigenvalue weighted by molar-refractivity contribution is 7.21. The molecule has 101 heavy (non-hydrogen) atoms. The SMILES string of the molecule is Cc1c(C)c(C)c2nsnc2c1C.Cc1cc2c(cc(C)c3nsnc32)c2nsnc12.Cc1cc2c(s1)/C(=C1\C(=O)N(C)c3cc(C)sc31)C(=O)N2C.Cc1ccc2c(c1)N(C)C(=O)/C2=C1/C(=O)N(C)c2cc(C)ccc21.Cc1sc2c(c1C)c(C)c(C)c1c3sc(C)c(C)c3c(C)c(C)c21. The Morgan fingerprint density at radius 1 is 0.297 bits per heavy atom. The van der Waals surface area contributed by atoms with E-state index in [1.807, 2.05) is 98.9 Å². The average molecular weight is 1470 g/mol. The lowest BCUT2D eigenvalue weighted by atomic mass is 9.89. The number of nitrogens with zero attached hydrogens (tertiary/aromatic N) is 10. The minimum atomic E-state index is -0.124. The maximum atomic E-state index is 12.9. The van der Waals surface area contributed by atoms with Gasteiger partial charge < -0.3 is 19.6 Å². The summed E-state index contributed by atoms with van der Waals surface area (Å²) in [4.78, 5) is 64.7. The van der Waals surface area contributed by atoms with Crippen molar-refractivity contribution >= 4 is 224 Å². The zero-order valence-electron chi connectivity index (χ0n) is 60.7. The number of hydrogen-bond donors (Lipinski definition) is 0. The van der Waals surface area contributed by atoms with E-state index in [1.165, 1.54) is 132 Å². The quantitative estimate of drug-likeness (QED) is 0.134. The summed E-state index contributed by atoms with van der Waals surface area (Å²) in [6.07, 6.45) is 0. The van der Waals surface area contributed by atoms with Crippen molar-refractivity contribution in [3.63, 3.8) is 0 Å². The number of hydrogen-bond acceptors (Lipinski definition) is 17. The van der Waals surface area contributed by atoms with Gasteiger partial charge in [-0.3, -0.25) is 19.2 Å². The number of anilines is 4. The molecular weight excluding hydrogens is 1390 g/mol. The highest BCUT2D eigenvalue weighted by atomic mass is 32.1. The molecule has 4 aliphatic heterocycles. The Balaban J connectivity index is 0.000000109. The molecule has 18 rings (SSSR count). The van der Waals surface area contributed by atoms with Crippen molar-refractivity contribution in [3.8, 4) is 0 Å². The van der Waals surface area contributed by atoms with E-state index in [4.69, 9.17) is 0 Å². The highest BCUT2D eigenvalue weighted by Crippen LogP contribution is 2.53. The monoisotopic (exact) mass is 1460 g/mol. The first kappa shape index (κ1) is 69.3. The molecule has 7 aromatic carbocycles. The van der Waals surface area contributed by atoms with Gasteiger partial charge in [0.2, 0.25) is 0 Å². The van der Waals surface area contributed by atoms with Crippen LogP contribution in [0.15, 0.2) is 60.7 Å². The summed E-state index contributed by atoms with van der Waals surface area (Å²) in [5.41, 5.74) is 31.9. The summed E-state index contributed by atoms with van der Waals surface area (Å²) in [5, 5.41) is 8.24. The lowest BCUT2D eigenvalue weighted by Crippen LogP contribution is -2.24. The van der Waals surface area contributed by atoms with Crippen LogP contribution in [-0.4, -0.2) is 78.1 Å². The van der Waals surface area contributed by atoms with E-state index < -0.39 is 0 Å². The molecule has 0 fully saturated rings. The molecule has 0 bridgehead atoms. The maximum absolute atomic E-state index is 12.9. The van der Waals surface area contributed by atoms with E-state index >= 15 is 0 Å². The van der Waals surface area contributed by atoms with Crippen molar-refractivity contribution in [2.45, 2.75) is 125 Å². The standard InChI is InChI=1S/C22H24S2.C20H18N2O2.C16H14N2O2S2.C12H8N4S2.C10H12N2S/c1-9-11(3)19-20(21-17(9)13(5)15(7)23-21)12(4)10(2)18-14(6)16(8)24-22(18)19;1-11-5-7-13-15(9-11)21(3)19(23)17(13)18-14-8-6-12(2)10-16(14)22(4)20(18)24;1-7-5-9-13(21-7)11(15(19)17(9)3)12-14-10(6-8(2)22-14)18(4)16(12)20;1-5-3-7-8(11-9(5)13-17-15-11)4-6(2)10-12(7)16-18-14-10;1-5-6(2)8(4)10-9(7(5)3)11-13-12-10/h1-8H3;5-10H,1-4H3;5-6H,1-4H3;3-4H,1-2H3;1-4H3/b;18-17+;12-11+;;. The lowest BCUT2D eigenvalue weighted by molar-refractivity contribution is -0.114. The lowest BCUT2D eigenvalue weighted by Gasteiger charge is -2.16. The first-order chi connectivity index (χ1) is 47.9. The van der Waals surface area contributed by atoms with E-state index in [9.17, 15) is 19.2 Å². The van der Waals surface area contributed by atoms with Gasteiger partial charge in [-0.2, -0.15) is 26.2 Å². The van der Waals surface area contributed by atoms with E-state index in [0.29, 0.717) is 22.3 Å². The van der Waals surface area contributed by atoms with Crippen LogP contribution in [0.25, 0.3) is 97.1 Å². The van der Waals surface area contributed by atoms with Crippen LogP contribution in [0.3, 0.4) is 0 Å². The van der Waals surface area contributed by atoms with Crippen LogP contribution in [0.4, 0.5) is 22.7 Å². The minimum absolute atomic E-state index is 0.0862. The van der Waals surface area contributed by atoms with Crippen molar-refractivity contribution in [2.75, 3.05) is 47.8 Å². The molecule has 4 amide bonds. The van der Waals surface area contributed by atoms with E-state index in [-0.39, 0.29) is 23.6 Å². The number of amides is 4. The minimum Gasteiger partial charge on any atom is -0.311 e. The fourth-order valence-corrected chi connectivity index (χ4v) is 21.5. The molecule has 0 spiro atoms. The normalized spacial score (nSPS) is 15.4. The van der Waals surface area contributed by atoms with Crippen LogP contribution in [0.2, 0.25) is 0 Å². The summed E-state index contributed by atoms with van der Waals surface area (Å²) in [5.74, 6) is -0.421. The first-order valence-electron chi connectivity index (χ1n) is 33.2. The molecule has 11 heterocycles. The Hall–Kier alpha value is -8.80. The van der Waals surface area contributed by atoms with Gasteiger partial charge in [0.1, 0.15) is 33.1 Å². The topological polar surface area (TPSA) is 159 Å². The predicted octanol–water partition coefficient (Wildman–Crippen LogP) is 20.6. The van der Waals surface area contributed by atoms with Gasteiger partial charge in [0.05, 0.1) is 90.0 Å². The third-order valence-corrected chi connectivity index (χ3v) is 27.4. The summed E-state index contributed by atoms with van der Waals surface area (Å²) in [6, 6.07) is 20.1. The summed E-state index contributed by atoms with van der Waals surface area (Å²) in [7, 11) is 7.05. The van der Waals surface area contributed by atoms with Crippen LogP contribution in [0.5, 0.6) is 0 Å². The van der Waals surface area contributed by atoms with Gasteiger partial charge in [0, 0.05) is 89.8 Å². The van der Waals surface area contributed by atoms with Gasteiger partial charge in [-0.25, -0.2) is 0 Å². The largest absolute Gasteiger partial charge is 0.311 e. The van der Waals surface area contributed by atoms with Crippen LogP contribution in [-0.2, 0) is 19.2 Å². The van der Waals surface area contributed by atoms with Gasteiger partial charge >= 0.3 is 0 Å². The fourth-order valence-electron chi connectivity index (χ4n) is 14.7. The molecule has 14 nitrogen and oxygen atoms in total. The Labute approximate surface area is 615 Å². The molecular formula is C80H76N10O4S7. The third kappa shape index (κ3) is 10.8. The molecule has 0 saturated heterocycles. The molecule has 0 atom stereocenters. The summed E-state index contributed by atoms with van der Waals surface area (Å²) < 4.78 is 29.2. The van der Waals surface area contributed by atoms with Crippen molar-refractivity contribution in [1.29, 1.82) is 0 Å². The molecule has 21 heteroatoms. The molecule has 0 N–H and O–H groups in total. The van der Waals surface area contributed by atoms with E-state index in [2.05, 4.69) is 135 Å². The first-order valence-corrected chi connectivity index (χ1v) is 38.7. The van der Waals surface area contributed by atoms with E-state index in [1.54, 1.807) is 70.5 Å². The Kier molecular flexibility index (Phi) is 17.6. The van der Waals surface area contributed by atoms with Gasteiger partial charge in [0.15, 0.2) is 0 Å². The van der Waals surface area contributed by atoms with E-state index in [0.717, 1.165) is 120 Å². The van der Waals surface area contributed by atoms with Crippen molar-refractivity contribution in [3.05, 3.63) is 179 Å². The number of rotatable bonds is 0. The zero-order valence-corrected chi connectivity index (χ0v) is 66.5. The summed E-state index contributed by atoms with van der Waals surface area (Å²) >= 11 is 10.9. The second-order valence-corrected chi connectivity index (χ2v) is 33.8. The zero-order chi connectivity index (χ0) is 72.3. The number of fused-ring (bicyclic) bond motifs is 15. The van der Waals surface area contributed by atoms with Crippen LogP contribution >= 0.6 is 80.5 Å². The molecule has 4 aliphatic rings. The van der Waals surface area contributed by atoms with Crippen LogP contribution < -0.4 is 19.6 Å². The molecule has 0 saturated carbocycles. The molecule has 0 radical (unpaired) electrons. The van der Waals surface area contributed by atoms with Crippen LogP contribution in [0.1, 0.15) is 118 Å². The summed E-state index contributed by atoms with van der Waals surface area (Å²) in [6.45, 7) is 39.1. The van der Waals surface area contributed by atoms with Gasteiger partial charge in [0.25, 0.3) is 23.6 Å². The number of thiophene rings is 4. The molecule has 512 valence electrons. The Morgan fingerprint density at radius 3 is 0.980 bits per heavy atom. The second-order valence-electron chi connectivity index (χ2n) is 27.2. The average Bonchev–Trinajstić information content (AvgIpc) is 1.64. The van der Waals surface area contributed by atoms with Gasteiger partial charge in [-0.15, -0.1) is 45.3 Å². The van der Waals surface area contributed by atoms with Gasteiger partial charge in [-0.05, 0) is 250 Å². The number of benzene rings is 7. The smallest absolute Gasteiger partial charge is 0.260 e. The predicted molar refractivity (Wildman–Crippen MR) is 432 cm³/mol.